The van der Waals surface area contributed by atoms with Crippen molar-refractivity contribution in [3.05, 3.63) is 54.1 Å². The molecule has 4 rings (SSSR count). The van der Waals surface area contributed by atoms with Crippen molar-refractivity contribution in [3.8, 4) is 23.1 Å². The summed E-state index contributed by atoms with van der Waals surface area (Å²) in [5, 5.41) is 7.67. The molecule has 1 aliphatic carbocycles. The molecule has 1 heterocycles. The van der Waals surface area contributed by atoms with Crippen LogP contribution >= 0.6 is 0 Å². The molecule has 0 unspecified atom stereocenters. The minimum Gasteiger partial charge on any atom is -0.462 e. The van der Waals surface area contributed by atoms with E-state index in [9.17, 15) is 4.79 Å². The number of rotatable bonds is 7. The van der Waals surface area contributed by atoms with Gasteiger partial charge in [-0.3, -0.25) is 4.79 Å². The predicted octanol–water partition coefficient (Wildman–Crippen LogP) is 5.41. The van der Waals surface area contributed by atoms with Gasteiger partial charge in [-0.05, 0) is 55.5 Å². The van der Waals surface area contributed by atoms with E-state index in [0.717, 1.165) is 54.0 Å². The lowest BCUT2D eigenvalue weighted by Gasteiger charge is -2.12. The Morgan fingerprint density at radius 2 is 1.84 bits per heavy atom. The van der Waals surface area contributed by atoms with Gasteiger partial charge >= 0.3 is 6.01 Å². The third kappa shape index (κ3) is 4.95. The summed E-state index contributed by atoms with van der Waals surface area (Å²) in [6, 6.07) is 16.2. The minimum atomic E-state index is 0.121. The summed E-state index contributed by atoms with van der Waals surface area (Å²) >= 11 is 0. The summed E-state index contributed by atoms with van der Waals surface area (Å²) in [5.41, 5.74) is 3.79. The maximum absolute atomic E-state index is 12.4. The average Bonchev–Trinajstić information content (AvgIpc) is 3.44. The van der Waals surface area contributed by atoms with Crippen LogP contribution in [0.15, 0.2) is 48.5 Å². The highest BCUT2D eigenvalue weighted by atomic mass is 16.5. The van der Waals surface area contributed by atoms with Crippen LogP contribution in [0.25, 0.3) is 17.1 Å². The zero-order chi connectivity index (χ0) is 21.8. The fourth-order valence-electron chi connectivity index (χ4n) is 3.89. The topological polar surface area (TPSA) is 69.0 Å². The lowest BCUT2D eigenvalue weighted by molar-refractivity contribution is -0.119. The highest BCUT2D eigenvalue weighted by Crippen LogP contribution is 2.28. The Balaban J connectivity index is 1.61. The summed E-state index contributed by atoms with van der Waals surface area (Å²) in [7, 11) is 0. The molecule has 1 fully saturated rings. The molecule has 0 bridgehead atoms. The number of benzene rings is 2. The number of ether oxygens (including phenoxy) is 1. The number of hydrogen-bond donors (Lipinski definition) is 1. The van der Waals surface area contributed by atoms with Crippen LogP contribution in [0.4, 0.5) is 5.69 Å². The number of nitrogens with zero attached hydrogens (tertiary/aromatic N) is 3. The summed E-state index contributed by atoms with van der Waals surface area (Å²) in [6.07, 6.45) is 4.27. The van der Waals surface area contributed by atoms with E-state index < -0.39 is 0 Å². The van der Waals surface area contributed by atoms with Gasteiger partial charge in [0.05, 0.1) is 12.3 Å². The highest BCUT2D eigenvalue weighted by molar-refractivity contribution is 5.92. The molecule has 2 aromatic carbocycles. The first-order chi connectivity index (χ1) is 15.0. The SMILES string of the molecule is Cc1ccccc1-c1nc(OCC(C)C)nn1-c1ccc(NC(=O)C2CCCC2)cc1. The first-order valence-corrected chi connectivity index (χ1v) is 11.1. The first kappa shape index (κ1) is 21.1. The maximum Gasteiger partial charge on any atom is 0.336 e. The Bertz CT molecular complexity index is 1030. The van der Waals surface area contributed by atoms with Crippen LogP contribution in [-0.2, 0) is 4.79 Å². The van der Waals surface area contributed by atoms with Gasteiger partial charge in [-0.15, -0.1) is 5.10 Å². The van der Waals surface area contributed by atoms with Crippen LogP contribution in [0.1, 0.15) is 45.1 Å². The summed E-state index contributed by atoms with van der Waals surface area (Å²) < 4.78 is 7.61. The largest absolute Gasteiger partial charge is 0.462 e. The molecule has 3 aromatic rings. The van der Waals surface area contributed by atoms with Crippen LogP contribution in [0.2, 0.25) is 0 Å². The van der Waals surface area contributed by atoms with Gasteiger partial charge < -0.3 is 10.1 Å². The van der Waals surface area contributed by atoms with Crippen LogP contribution in [0.5, 0.6) is 6.01 Å². The van der Waals surface area contributed by atoms with E-state index in [1.54, 1.807) is 4.68 Å². The van der Waals surface area contributed by atoms with Gasteiger partial charge in [0.2, 0.25) is 5.91 Å². The Kier molecular flexibility index (Phi) is 6.35. The number of aromatic nitrogens is 3. The van der Waals surface area contributed by atoms with Crippen molar-refractivity contribution in [3.63, 3.8) is 0 Å². The van der Waals surface area contributed by atoms with Gasteiger partial charge in [0.1, 0.15) is 0 Å². The molecule has 31 heavy (non-hydrogen) atoms. The van der Waals surface area contributed by atoms with E-state index in [0.29, 0.717) is 18.5 Å². The number of anilines is 1. The van der Waals surface area contributed by atoms with Crippen LogP contribution in [-0.4, -0.2) is 27.3 Å². The Labute approximate surface area is 183 Å². The second-order valence-corrected chi connectivity index (χ2v) is 8.67. The highest BCUT2D eigenvalue weighted by Gasteiger charge is 2.22. The van der Waals surface area contributed by atoms with E-state index in [4.69, 9.17) is 4.74 Å². The average molecular weight is 419 g/mol. The predicted molar refractivity (Wildman–Crippen MR) is 122 cm³/mol. The molecule has 0 saturated heterocycles. The van der Waals surface area contributed by atoms with E-state index in [2.05, 4.69) is 42.2 Å². The van der Waals surface area contributed by atoms with Gasteiger partial charge in [-0.1, -0.05) is 51.0 Å². The fraction of sp³-hybridized carbons (Fsp3) is 0.400. The van der Waals surface area contributed by atoms with E-state index in [1.807, 2.05) is 42.5 Å². The normalized spacial score (nSPS) is 14.2. The monoisotopic (exact) mass is 418 g/mol. The first-order valence-electron chi connectivity index (χ1n) is 11.1. The Hall–Kier alpha value is -3.15. The molecule has 1 saturated carbocycles. The number of aryl methyl sites for hydroxylation is 1. The summed E-state index contributed by atoms with van der Waals surface area (Å²) in [5.74, 6) is 1.38. The van der Waals surface area contributed by atoms with Crippen molar-refractivity contribution in [1.82, 2.24) is 14.8 Å². The summed E-state index contributed by atoms with van der Waals surface area (Å²) in [4.78, 5) is 17.1. The lowest BCUT2D eigenvalue weighted by Crippen LogP contribution is -2.20. The van der Waals surface area contributed by atoms with Crippen LogP contribution < -0.4 is 10.1 Å². The minimum absolute atomic E-state index is 0.121. The van der Waals surface area contributed by atoms with E-state index in [1.165, 1.54) is 0 Å². The van der Waals surface area contributed by atoms with Crippen molar-refractivity contribution >= 4 is 11.6 Å². The third-order valence-electron chi connectivity index (χ3n) is 5.62. The van der Waals surface area contributed by atoms with Gasteiger partial charge in [0.25, 0.3) is 0 Å². The molecular weight excluding hydrogens is 388 g/mol. The van der Waals surface area contributed by atoms with E-state index >= 15 is 0 Å². The molecule has 1 amide bonds. The molecular formula is C25H30N4O2. The van der Waals surface area contributed by atoms with Gasteiger partial charge in [0, 0.05) is 17.2 Å². The quantitative estimate of drug-likeness (QED) is 0.557. The maximum atomic E-state index is 12.4. The number of carbonyl (C=O) groups is 1. The van der Waals surface area contributed by atoms with Gasteiger partial charge in [-0.25, -0.2) is 4.68 Å². The zero-order valence-electron chi connectivity index (χ0n) is 18.5. The summed E-state index contributed by atoms with van der Waals surface area (Å²) in [6.45, 7) is 6.81. The molecule has 1 aromatic heterocycles. The molecule has 0 radical (unpaired) electrons. The Morgan fingerprint density at radius 1 is 1.13 bits per heavy atom. The van der Waals surface area contributed by atoms with Crippen molar-refractivity contribution in [2.24, 2.45) is 11.8 Å². The Morgan fingerprint density at radius 3 is 2.52 bits per heavy atom. The lowest BCUT2D eigenvalue weighted by atomic mass is 10.1. The molecule has 1 aliphatic rings. The second-order valence-electron chi connectivity index (χ2n) is 8.67. The van der Waals surface area contributed by atoms with Gasteiger partial charge in [-0.2, -0.15) is 4.98 Å². The van der Waals surface area contributed by atoms with E-state index in [-0.39, 0.29) is 11.8 Å². The molecule has 0 aliphatic heterocycles. The second kappa shape index (κ2) is 9.33. The molecule has 6 heteroatoms. The van der Waals surface area contributed by atoms with Crippen molar-refractivity contribution in [2.75, 3.05) is 11.9 Å². The smallest absolute Gasteiger partial charge is 0.336 e. The zero-order valence-corrected chi connectivity index (χ0v) is 18.5. The molecule has 0 spiro atoms. The number of hydrogen-bond acceptors (Lipinski definition) is 4. The van der Waals surface area contributed by atoms with Gasteiger partial charge in [0.15, 0.2) is 5.82 Å². The van der Waals surface area contributed by atoms with Crippen LogP contribution in [0, 0.1) is 18.8 Å². The molecule has 162 valence electrons. The standard InChI is InChI=1S/C25H30N4O2/c1-17(2)16-31-25-27-23(22-11-7-4-8-18(22)3)29(28-25)21-14-12-20(13-15-21)26-24(30)19-9-5-6-10-19/h4,7-8,11-15,17,19H,5-6,9-10,16H2,1-3H3,(H,26,30). The molecule has 1 N–H and O–H groups in total. The number of nitrogens with one attached hydrogen (secondary N) is 1. The third-order valence-corrected chi connectivity index (χ3v) is 5.62. The number of amides is 1. The van der Waals surface area contributed by atoms with Crippen molar-refractivity contribution in [2.45, 2.75) is 46.5 Å². The molecule has 6 nitrogen and oxygen atoms in total. The van der Waals surface area contributed by atoms with Crippen molar-refractivity contribution in [1.29, 1.82) is 0 Å². The molecule has 0 atom stereocenters. The van der Waals surface area contributed by atoms with Crippen molar-refractivity contribution < 1.29 is 9.53 Å². The van der Waals surface area contributed by atoms with Crippen LogP contribution in [0.3, 0.4) is 0 Å². The fourth-order valence-corrected chi connectivity index (χ4v) is 3.89. The number of carbonyl (C=O) groups excluding carboxylic acids is 1.